The zero-order chi connectivity index (χ0) is 9.94. The third-order valence-corrected chi connectivity index (χ3v) is 1.48. The van der Waals surface area contributed by atoms with Crippen molar-refractivity contribution in [2.45, 2.75) is 0 Å². The first-order chi connectivity index (χ1) is 6.35. The van der Waals surface area contributed by atoms with E-state index in [9.17, 15) is 0 Å². The normalized spacial score (nSPS) is 8.08. The molecule has 0 rings (SSSR count). The van der Waals surface area contributed by atoms with Crippen molar-refractivity contribution in [3.05, 3.63) is 55.2 Å². The van der Waals surface area contributed by atoms with Gasteiger partial charge in [-0.15, -0.1) is 17.2 Å². The van der Waals surface area contributed by atoms with Crippen molar-refractivity contribution < 1.29 is 0 Å². The highest BCUT2D eigenvalue weighted by Crippen LogP contribution is 1.89. The van der Waals surface area contributed by atoms with E-state index in [-0.39, 0.29) is 0 Å². The summed E-state index contributed by atoms with van der Waals surface area (Å²) in [6.07, 6.45) is 5.65. The Morgan fingerprint density at radius 1 is 0.769 bits per heavy atom. The standard InChI is InChI=1S/C12H15N/c1-4-7-10-13(11-8-5-2)12-9-6-3/h7-9H,1-3,10-12H2. The molecule has 1 nitrogen and oxygen atoms in total. The molecule has 0 aliphatic rings. The van der Waals surface area contributed by atoms with E-state index in [0.29, 0.717) is 0 Å². The second kappa shape index (κ2) is 8.62. The van der Waals surface area contributed by atoms with Gasteiger partial charge in [0.15, 0.2) is 0 Å². The first kappa shape index (κ1) is 11.5. The molecule has 0 atom stereocenters. The molecule has 1 heteroatoms. The van der Waals surface area contributed by atoms with E-state index in [1.165, 1.54) is 0 Å². The average molecular weight is 173 g/mol. The Hall–Kier alpha value is -1.48. The first-order valence-electron chi connectivity index (χ1n) is 4.10. The van der Waals surface area contributed by atoms with Crippen LogP contribution in [0.15, 0.2) is 55.2 Å². The summed E-state index contributed by atoms with van der Waals surface area (Å²) in [5, 5.41) is 0. The van der Waals surface area contributed by atoms with Gasteiger partial charge >= 0.3 is 0 Å². The SMILES string of the molecule is C=C=CCN(CC=C=C)CC=C=C. The molecule has 0 aromatic carbocycles. The molecule has 0 unspecified atom stereocenters. The van der Waals surface area contributed by atoms with E-state index >= 15 is 0 Å². The van der Waals surface area contributed by atoms with Crippen LogP contribution in [0.2, 0.25) is 0 Å². The van der Waals surface area contributed by atoms with Gasteiger partial charge in [0.1, 0.15) is 0 Å². The summed E-state index contributed by atoms with van der Waals surface area (Å²) < 4.78 is 0. The van der Waals surface area contributed by atoms with E-state index in [1.54, 1.807) is 0 Å². The fraction of sp³-hybridized carbons (Fsp3) is 0.250. The maximum atomic E-state index is 3.51. The highest BCUT2D eigenvalue weighted by Gasteiger charge is 1.95. The molecule has 0 saturated heterocycles. The zero-order valence-electron chi connectivity index (χ0n) is 7.92. The zero-order valence-corrected chi connectivity index (χ0v) is 7.92. The molecule has 0 bridgehead atoms. The number of hydrogen-bond acceptors (Lipinski definition) is 1. The molecular formula is C12H15N. The summed E-state index contributed by atoms with van der Waals surface area (Å²) >= 11 is 0. The summed E-state index contributed by atoms with van der Waals surface area (Å²) in [6, 6.07) is 0. The molecule has 0 aliphatic carbocycles. The topological polar surface area (TPSA) is 3.24 Å². The Balaban J connectivity index is 4.07. The lowest BCUT2D eigenvalue weighted by molar-refractivity contribution is 0.373. The smallest absolute Gasteiger partial charge is 0.0245 e. The fourth-order valence-corrected chi connectivity index (χ4v) is 0.805. The van der Waals surface area contributed by atoms with Crippen molar-refractivity contribution in [2.75, 3.05) is 19.6 Å². The Morgan fingerprint density at radius 3 is 1.31 bits per heavy atom. The average Bonchev–Trinajstić information content (AvgIpc) is 2.17. The molecule has 0 heterocycles. The maximum Gasteiger partial charge on any atom is 0.0245 e. The van der Waals surface area contributed by atoms with Gasteiger partial charge in [0.2, 0.25) is 0 Å². The third kappa shape index (κ3) is 6.90. The summed E-state index contributed by atoms with van der Waals surface area (Å²) in [5.74, 6) is 0. The van der Waals surface area contributed by atoms with Crippen LogP contribution in [0.3, 0.4) is 0 Å². The molecule has 0 aliphatic heterocycles. The Kier molecular flexibility index (Phi) is 7.63. The van der Waals surface area contributed by atoms with Gasteiger partial charge < -0.3 is 0 Å². The van der Waals surface area contributed by atoms with Crippen molar-refractivity contribution in [2.24, 2.45) is 0 Å². The number of rotatable bonds is 6. The second-order valence-corrected chi connectivity index (χ2v) is 2.44. The van der Waals surface area contributed by atoms with Gasteiger partial charge in [-0.3, -0.25) is 4.90 Å². The van der Waals surface area contributed by atoms with E-state index in [0.717, 1.165) is 19.6 Å². The van der Waals surface area contributed by atoms with Gasteiger partial charge in [0.05, 0.1) is 0 Å². The first-order valence-corrected chi connectivity index (χ1v) is 4.10. The van der Waals surface area contributed by atoms with Gasteiger partial charge in [-0.25, -0.2) is 0 Å². The van der Waals surface area contributed by atoms with Crippen molar-refractivity contribution in [3.63, 3.8) is 0 Å². The summed E-state index contributed by atoms with van der Waals surface area (Å²) in [6.45, 7) is 13.0. The lowest BCUT2D eigenvalue weighted by atomic mass is 10.4. The minimum absolute atomic E-state index is 0.819. The number of hydrogen-bond donors (Lipinski definition) is 0. The summed E-state index contributed by atoms with van der Waals surface area (Å²) in [4.78, 5) is 2.16. The Labute approximate surface area is 80.4 Å². The molecule has 0 fully saturated rings. The highest BCUT2D eigenvalue weighted by atomic mass is 15.1. The molecule has 0 aromatic rings. The van der Waals surface area contributed by atoms with E-state index in [1.807, 2.05) is 18.2 Å². The van der Waals surface area contributed by atoms with Gasteiger partial charge in [0.25, 0.3) is 0 Å². The molecular weight excluding hydrogens is 158 g/mol. The van der Waals surface area contributed by atoms with E-state index < -0.39 is 0 Å². The lowest BCUT2D eigenvalue weighted by Crippen LogP contribution is -2.23. The van der Waals surface area contributed by atoms with Gasteiger partial charge in [0, 0.05) is 19.6 Å². The molecule has 68 valence electrons. The van der Waals surface area contributed by atoms with Crippen LogP contribution in [-0.4, -0.2) is 24.5 Å². The van der Waals surface area contributed by atoms with Crippen LogP contribution in [0.5, 0.6) is 0 Å². The second-order valence-electron chi connectivity index (χ2n) is 2.44. The maximum absolute atomic E-state index is 3.51. The van der Waals surface area contributed by atoms with Crippen LogP contribution >= 0.6 is 0 Å². The monoisotopic (exact) mass is 173 g/mol. The van der Waals surface area contributed by atoms with E-state index in [4.69, 9.17) is 0 Å². The molecule has 0 N–H and O–H groups in total. The minimum atomic E-state index is 0.819. The molecule has 0 aromatic heterocycles. The van der Waals surface area contributed by atoms with Gasteiger partial charge in [-0.2, -0.15) is 0 Å². The molecule has 0 saturated carbocycles. The van der Waals surface area contributed by atoms with Gasteiger partial charge in [-0.05, 0) is 18.2 Å². The summed E-state index contributed by atoms with van der Waals surface area (Å²) in [5.41, 5.74) is 8.20. The molecule has 0 amide bonds. The van der Waals surface area contributed by atoms with Crippen LogP contribution in [0, 0.1) is 0 Å². The fourth-order valence-electron chi connectivity index (χ4n) is 0.805. The summed E-state index contributed by atoms with van der Waals surface area (Å²) in [7, 11) is 0. The molecule has 0 spiro atoms. The van der Waals surface area contributed by atoms with Crippen LogP contribution in [0.4, 0.5) is 0 Å². The minimum Gasteiger partial charge on any atom is -0.291 e. The Morgan fingerprint density at radius 2 is 1.08 bits per heavy atom. The van der Waals surface area contributed by atoms with Crippen LogP contribution in [0.1, 0.15) is 0 Å². The van der Waals surface area contributed by atoms with Crippen molar-refractivity contribution >= 4 is 0 Å². The van der Waals surface area contributed by atoms with Crippen molar-refractivity contribution in [1.29, 1.82) is 0 Å². The van der Waals surface area contributed by atoms with Crippen molar-refractivity contribution in [1.82, 2.24) is 4.90 Å². The van der Waals surface area contributed by atoms with Crippen LogP contribution in [0.25, 0.3) is 0 Å². The third-order valence-electron chi connectivity index (χ3n) is 1.48. The molecule has 0 radical (unpaired) electrons. The Bertz CT molecular complexity index is 222. The predicted octanol–water partition coefficient (Wildman–Crippen LogP) is 2.31. The highest BCUT2D eigenvalue weighted by molar-refractivity contribution is 4.89. The molecule has 13 heavy (non-hydrogen) atoms. The van der Waals surface area contributed by atoms with Gasteiger partial charge in [-0.1, -0.05) is 19.7 Å². The van der Waals surface area contributed by atoms with E-state index in [2.05, 4.69) is 41.8 Å². The lowest BCUT2D eigenvalue weighted by Gasteiger charge is -2.14. The van der Waals surface area contributed by atoms with Crippen LogP contribution < -0.4 is 0 Å². The van der Waals surface area contributed by atoms with Crippen LogP contribution in [-0.2, 0) is 0 Å². The predicted molar refractivity (Wildman–Crippen MR) is 57.6 cm³/mol. The largest absolute Gasteiger partial charge is 0.291 e. The quantitative estimate of drug-likeness (QED) is 0.557. The van der Waals surface area contributed by atoms with Crippen molar-refractivity contribution in [3.8, 4) is 0 Å². The number of nitrogens with zero attached hydrogens (tertiary/aromatic N) is 1.